The van der Waals surface area contributed by atoms with Gasteiger partial charge in [0, 0.05) is 11.9 Å². The molecule has 6 atom stereocenters. The number of amides is 2. The number of alkyl carbamates (subject to hydrolysis) is 1. The fraction of sp³-hybridized carbons (Fsp3) is 0.618. The van der Waals surface area contributed by atoms with Crippen LogP contribution in [0.1, 0.15) is 59.9 Å². The molecule has 3 aliphatic carbocycles. The number of hydrogen-bond acceptors (Lipinski definition) is 7. The summed E-state index contributed by atoms with van der Waals surface area (Å²) in [6.07, 6.45) is 5.19. The molecule has 11 heteroatoms. The molecule has 0 radical (unpaired) electrons. The first kappa shape index (κ1) is 31.6. The molecule has 2 aliphatic heterocycles. The van der Waals surface area contributed by atoms with Crippen LogP contribution in [0.25, 0.3) is 15.8 Å². The number of ether oxygens (including phenoxy) is 2. The third-order valence-electron chi connectivity index (χ3n) is 10.4. The fourth-order valence-electron chi connectivity index (χ4n) is 7.84. The van der Waals surface area contributed by atoms with Gasteiger partial charge in [-0.1, -0.05) is 58.9 Å². The van der Waals surface area contributed by atoms with Crippen LogP contribution in [0.15, 0.2) is 46.7 Å². The predicted octanol–water partition coefficient (Wildman–Crippen LogP) is 5.41. The molecule has 2 aromatic rings. The highest BCUT2D eigenvalue weighted by molar-refractivity contribution is 6.48. The van der Waals surface area contributed by atoms with E-state index in [4.69, 9.17) is 29.8 Å². The van der Waals surface area contributed by atoms with Gasteiger partial charge in [-0.15, -0.1) is 0 Å². The van der Waals surface area contributed by atoms with Crippen molar-refractivity contribution in [3.63, 3.8) is 0 Å². The van der Waals surface area contributed by atoms with Crippen LogP contribution in [0.2, 0.25) is 0 Å². The molecule has 240 valence electrons. The molecule has 5 fully saturated rings. The molecular formula is C34H44BN3O7. The van der Waals surface area contributed by atoms with Crippen LogP contribution in [-0.2, 0) is 30.0 Å². The predicted molar refractivity (Wildman–Crippen MR) is 169 cm³/mol. The number of nitrogens with zero attached hydrogens (tertiary/aromatic N) is 2. The third kappa shape index (κ3) is 6.00. The number of para-hydroxylation sites is 1. The van der Waals surface area contributed by atoms with E-state index in [-0.39, 0.29) is 41.8 Å². The number of hydrogen-bond donors (Lipinski definition) is 1. The SMILES string of the molecule is [C-]#[N+]C(=CC(C)(C)C)C(=O)N1CCOC[C@@H]1COC(=O)N[C@@H](Cc1coc2ccccc12)B1O[C@@H]2C[C@@H]3C[C@@H](C3(C)C)[C@]2(C)O1. The summed E-state index contributed by atoms with van der Waals surface area (Å²) >= 11 is 0. The largest absolute Gasteiger partial charge is 0.482 e. The minimum absolute atomic E-state index is 0.0440. The number of morpholine rings is 1. The van der Waals surface area contributed by atoms with Gasteiger partial charge >= 0.3 is 13.2 Å². The first-order valence-electron chi connectivity index (χ1n) is 16.0. The molecule has 0 spiro atoms. The molecule has 1 N–H and O–H groups in total. The second-order valence-corrected chi connectivity index (χ2v) is 14.9. The van der Waals surface area contributed by atoms with E-state index in [2.05, 4.69) is 30.9 Å². The highest BCUT2D eigenvalue weighted by Gasteiger charge is 2.68. The average molecular weight is 618 g/mol. The zero-order valence-corrected chi connectivity index (χ0v) is 27.1. The Hall–Kier alpha value is -3.33. The minimum atomic E-state index is -0.670. The summed E-state index contributed by atoms with van der Waals surface area (Å²) in [6, 6.07) is 7.28. The van der Waals surface area contributed by atoms with Crippen molar-refractivity contribution in [3.05, 3.63) is 59.3 Å². The van der Waals surface area contributed by atoms with E-state index in [0.29, 0.717) is 31.4 Å². The summed E-state index contributed by atoms with van der Waals surface area (Å²) in [5.74, 6) is 0.0441. The van der Waals surface area contributed by atoms with Gasteiger partial charge in [0.25, 0.3) is 5.91 Å². The van der Waals surface area contributed by atoms with E-state index in [9.17, 15) is 9.59 Å². The standard InChI is InChI=1S/C34H44BN3O7/c1-32(2,3)17-25(36-7)30(39)38-12-13-41-19-23(38)20-43-31(40)37-29(14-21-18-42-26-11-9-8-10-24(21)26)35-44-28-16-22-15-27(33(22,4)5)34(28,6)45-35/h8-11,17-18,22-23,27-29H,12-16,19-20H2,1-6H3,(H,37,40)/t22-,23+,27-,28+,29-,34-/m0/s1. The van der Waals surface area contributed by atoms with Crippen molar-refractivity contribution in [1.29, 1.82) is 0 Å². The summed E-state index contributed by atoms with van der Waals surface area (Å²) < 4.78 is 30.5. The third-order valence-corrected chi connectivity index (χ3v) is 10.4. The van der Waals surface area contributed by atoms with Crippen molar-refractivity contribution in [1.82, 2.24) is 10.2 Å². The van der Waals surface area contributed by atoms with Crippen molar-refractivity contribution < 1.29 is 32.8 Å². The number of carbonyl (C=O) groups excluding carboxylic acids is 2. The number of fused-ring (bicyclic) bond motifs is 1. The number of nitrogens with one attached hydrogen (secondary N) is 1. The Bertz CT molecular complexity index is 1520. The first-order valence-corrected chi connectivity index (χ1v) is 16.0. The molecular weight excluding hydrogens is 573 g/mol. The summed E-state index contributed by atoms with van der Waals surface area (Å²) in [6.45, 7) is 21.0. The van der Waals surface area contributed by atoms with Crippen LogP contribution >= 0.6 is 0 Å². The Balaban J connectivity index is 1.17. The molecule has 2 bridgehead atoms. The zero-order chi connectivity index (χ0) is 32.1. The minimum Gasteiger partial charge on any atom is -0.464 e. The number of rotatable bonds is 7. The van der Waals surface area contributed by atoms with Crippen LogP contribution in [0.3, 0.4) is 0 Å². The first-order chi connectivity index (χ1) is 21.3. The highest BCUT2D eigenvalue weighted by Crippen LogP contribution is 2.65. The zero-order valence-electron chi connectivity index (χ0n) is 27.1. The lowest BCUT2D eigenvalue weighted by Crippen LogP contribution is -2.65. The Morgan fingerprint density at radius 2 is 2.02 bits per heavy atom. The molecule has 2 saturated heterocycles. The summed E-state index contributed by atoms with van der Waals surface area (Å²) in [7, 11) is -0.670. The van der Waals surface area contributed by atoms with Crippen molar-refractivity contribution >= 4 is 30.1 Å². The molecule has 10 nitrogen and oxygen atoms in total. The van der Waals surface area contributed by atoms with Crippen LogP contribution < -0.4 is 5.32 Å². The van der Waals surface area contributed by atoms with E-state index in [1.54, 1.807) is 17.2 Å². The number of benzene rings is 1. The molecule has 0 unspecified atom stereocenters. The normalized spacial score (nSPS) is 29.8. The van der Waals surface area contributed by atoms with Crippen molar-refractivity contribution in [2.24, 2.45) is 22.7 Å². The average Bonchev–Trinajstić information content (AvgIpc) is 3.58. The summed E-state index contributed by atoms with van der Waals surface area (Å²) in [5.41, 5.74) is 1.17. The smallest absolute Gasteiger partial charge is 0.464 e. The summed E-state index contributed by atoms with van der Waals surface area (Å²) in [4.78, 5) is 31.8. The van der Waals surface area contributed by atoms with E-state index < -0.39 is 30.8 Å². The molecule has 3 heterocycles. The van der Waals surface area contributed by atoms with Crippen molar-refractivity contribution in [2.45, 2.75) is 84.5 Å². The number of carbonyl (C=O) groups is 2. The second kappa shape index (κ2) is 11.8. The van der Waals surface area contributed by atoms with E-state index in [1.807, 2.05) is 45.0 Å². The van der Waals surface area contributed by atoms with Crippen LogP contribution in [0.4, 0.5) is 4.79 Å². The van der Waals surface area contributed by atoms with Gasteiger partial charge < -0.3 is 33.4 Å². The van der Waals surface area contributed by atoms with Crippen LogP contribution in [0, 0.1) is 29.2 Å². The topological polar surface area (TPSA) is 104 Å². The van der Waals surface area contributed by atoms with E-state index in [0.717, 1.165) is 29.4 Å². The Morgan fingerprint density at radius 3 is 2.76 bits per heavy atom. The maximum atomic E-state index is 13.4. The van der Waals surface area contributed by atoms with Crippen LogP contribution in [0.5, 0.6) is 0 Å². The molecule has 1 aromatic carbocycles. The van der Waals surface area contributed by atoms with Gasteiger partial charge in [-0.3, -0.25) is 4.79 Å². The van der Waals surface area contributed by atoms with Crippen molar-refractivity contribution in [3.8, 4) is 0 Å². The lowest BCUT2D eigenvalue weighted by Gasteiger charge is -2.64. The van der Waals surface area contributed by atoms with Gasteiger partial charge in [-0.2, -0.15) is 0 Å². The maximum Gasteiger partial charge on any atom is 0.482 e. The fourth-order valence-corrected chi connectivity index (χ4v) is 7.84. The Kier molecular flexibility index (Phi) is 8.30. The Morgan fingerprint density at radius 1 is 1.24 bits per heavy atom. The number of allylic oxidation sites excluding steroid dienone is 1. The maximum absolute atomic E-state index is 13.4. The molecule has 3 saturated carbocycles. The molecule has 5 aliphatic rings. The van der Waals surface area contributed by atoms with Gasteiger partial charge in [-0.05, 0) is 60.5 Å². The molecule has 7 rings (SSSR count). The van der Waals surface area contributed by atoms with Gasteiger partial charge in [0.2, 0.25) is 5.70 Å². The highest BCUT2D eigenvalue weighted by atomic mass is 16.7. The molecule has 1 aromatic heterocycles. The van der Waals surface area contributed by atoms with E-state index in [1.165, 1.54) is 0 Å². The van der Waals surface area contributed by atoms with Gasteiger partial charge in [-0.25, -0.2) is 9.64 Å². The quantitative estimate of drug-likeness (QED) is 0.252. The molecule has 2 amide bonds. The van der Waals surface area contributed by atoms with Gasteiger partial charge in [0.05, 0.1) is 49.7 Å². The second-order valence-electron chi connectivity index (χ2n) is 14.9. The van der Waals surface area contributed by atoms with E-state index >= 15 is 0 Å². The molecule has 45 heavy (non-hydrogen) atoms. The van der Waals surface area contributed by atoms with Crippen LogP contribution in [-0.4, -0.2) is 74.1 Å². The number of furan rings is 1. The lowest BCUT2D eigenvalue weighted by molar-refractivity contribution is -0.199. The van der Waals surface area contributed by atoms with Gasteiger partial charge in [0.1, 0.15) is 12.2 Å². The Labute approximate surface area is 265 Å². The van der Waals surface area contributed by atoms with Gasteiger partial charge in [0.15, 0.2) is 0 Å². The summed E-state index contributed by atoms with van der Waals surface area (Å²) in [5, 5.41) is 4.00. The van der Waals surface area contributed by atoms with Crippen molar-refractivity contribution in [2.75, 3.05) is 26.4 Å². The monoisotopic (exact) mass is 617 g/mol. The lowest BCUT2D eigenvalue weighted by atomic mass is 9.43.